The predicted molar refractivity (Wildman–Crippen MR) is 91.2 cm³/mol. The first kappa shape index (κ1) is 17.7. The van der Waals surface area contributed by atoms with Gasteiger partial charge in [-0.1, -0.05) is 57.5 Å². The zero-order valence-corrected chi connectivity index (χ0v) is 14.6. The molecule has 1 fully saturated rings. The topological polar surface area (TPSA) is 43.4 Å². The number of Topliss-reactive ketones (excluding diaryl/α,β-unsaturated/α-hetero) is 1. The molecule has 2 rings (SSSR count). The molecule has 1 aliphatic carbocycles. The van der Waals surface area contributed by atoms with E-state index in [0.29, 0.717) is 23.3 Å². The maximum Gasteiger partial charge on any atom is 0.316 e. The van der Waals surface area contributed by atoms with Crippen LogP contribution in [0.3, 0.4) is 0 Å². The van der Waals surface area contributed by atoms with Gasteiger partial charge in [0.2, 0.25) is 0 Å². The van der Waals surface area contributed by atoms with Gasteiger partial charge in [0.15, 0.2) is 5.78 Å². The summed E-state index contributed by atoms with van der Waals surface area (Å²) in [5, 5.41) is 0. The van der Waals surface area contributed by atoms with Crippen LogP contribution >= 0.6 is 0 Å². The van der Waals surface area contributed by atoms with Crippen molar-refractivity contribution in [1.29, 1.82) is 0 Å². The van der Waals surface area contributed by atoms with Gasteiger partial charge in [0.05, 0.1) is 0 Å². The molecule has 0 heterocycles. The quantitative estimate of drug-likeness (QED) is 0.456. The van der Waals surface area contributed by atoms with E-state index in [9.17, 15) is 9.59 Å². The van der Waals surface area contributed by atoms with Gasteiger partial charge in [0.1, 0.15) is 12.0 Å². The summed E-state index contributed by atoms with van der Waals surface area (Å²) < 4.78 is 5.78. The average Bonchev–Trinajstić information content (AvgIpc) is 2.54. The van der Waals surface area contributed by atoms with Gasteiger partial charge < -0.3 is 4.74 Å². The van der Waals surface area contributed by atoms with Crippen LogP contribution in [-0.4, -0.2) is 17.9 Å². The summed E-state index contributed by atoms with van der Waals surface area (Å²) in [5.41, 5.74) is 0.564. The molecule has 3 heteroatoms. The second-order valence-corrected chi connectivity index (χ2v) is 7.25. The van der Waals surface area contributed by atoms with Crippen LogP contribution in [0.5, 0.6) is 0 Å². The number of ether oxygens (including phenoxy) is 1. The molecule has 0 aromatic heterocycles. The average molecular weight is 316 g/mol. The zero-order valence-electron chi connectivity index (χ0n) is 14.6. The van der Waals surface area contributed by atoms with Crippen LogP contribution in [0.15, 0.2) is 30.3 Å². The van der Waals surface area contributed by atoms with Crippen LogP contribution in [0.1, 0.15) is 57.3 Å². The first-order chi connectivity index (χ1) is 10.9. The molecule has 23 heavy (non-hydrogen) atoms. The third-order valence-electron chi connectivity index (χ3n) is 5.03. The lowest BCUT2D eigenvalue weighted by Crippen LogP contribution is -2.38. The Hall–Kier alpha value is -1.64. The number of rotatable bonds is 5. The normalized spacial score (nSPS) is 25.9. The molecular weight excluding hydrogens is 288 g/mol. The van der Waals surface area contributed by atoms with Gasteiger partial charge in [-0.3, -0.25) is 9.59 Å². The van der Waals surface area contributed by atoms with E-state index in [1.807, 2.05) is 18.2 Å². The number of hydrogen-bond acceptors (Lipinski definition) is 3. The second-order valence-electron chi connectivity index (χ2n) is 7.25. The number of hydrogen-bond donors (Lipinski definition) is 0. The minimum Gasteiger partial charge on any atom is -0.462 e. The number of carbonyl (C=O) groups is 2. The van der Waals surface area contributed by atoms with Crippen LogP contribution in [0.25, 0.3) is 0 Å². The SMILES string of the molecule is CC(C)[C@@H]1CC[C@H](C)C[C@H]1OC(=O)[C@@H](C)C(=O)c1ccccc1. The summed E-state index contributed by atoms with van der Waals surface area (Å²) in [6.45, 7) is 8.21. The Labute approximate surface area is 139 Å². The van der Waals surface area contributed by atoms with E-state index in [1.54, 1.807) is 19.1 Å². The molecule has 0 bridgehead atoms. The Balaban J connectivity index is 2.03. The smallest absolute Gasteiger partial charge is 0.316 e. The number of ketones is 1. The lowest BCUT2D eigenvalue weighted by atomic mass is 9.75. The molecule has 1 saturated carbocycles. The maximum absolute atomic E-state index is 12.5. The minimum absolute atomic E-state index is 0.0581. The summed E-state index contributed by atoms with van der Waals surface area (Å²) in [7, 11) is 0. The molecule has 0 aliphatic heterocycles. The summed E-state index contributed by atoms with van der Waals surface area (Å²) in [6.07, 6.45) is 3.13. The fraction of sp³-hybridized carbons (Fsp3) is 0.600. The van der Waals surface area contributed by atoms with E-state index in [0.717, 1.165) is 12.8 Å². The van der Waals surface area contributed by atoms with Crippen LogP contribution in [0.4, 0.5) is 0 Å². The van der Waals surface area contributed by atoms with Crippen molar-refractivity contribution in [2.24, 2.45) is 23.7 Å². The summed E-state index contributed by atoms with van der Waals surface area (Å²) in [6, 6.07) is 8.96. The van der Waals surface area contributed by atoms with E-state index in [2.05, 4.69) is 20.8 Å². The van der Waals surface area contributed by atoms with Crippen molar-refractivity contribution in [3.05, 3.63) is 35.9 Å². The molecule has 0 saturated heterocycles. The van der Waals surface area contributed by atoms with E-state index >= 15 is 0 Å². The summed E-state index contributed by atoms with van der Waals surface area (Å²) in [5.74, 6) is 0.157. The first-order valence-corrected chi connectivity index (χ1v) is 8.70. The van der Waals surface area contributed by atoms with Crippen molar-refractivity contribution in [2.45, 2.75) is 53.1 Å². The number of benzene rings is 1. The molecule has 0 unspecified atom stereocenters. The molecule has 0 spiro atoms. The van der Waals surface area contributed by atoms with Gasteiger partial charge in [0, 0.05) is 5.56 Å². The largest absolute Gasteiger partial charge is 0.462 e. The minimum atomic E-state index is -0.748. The Morgan fingerprint density at radius 2 is 1.74 bits per heavy atom. The molecule has 0 amide bonds. The second kappa shape index (κ2) is 7.76. The maximum atomic E-state index is 12.5. The van der Waals surface area contributed by atoms with Gasteiger partial charge in [-0.2, -0.15) is 0 Å². The Kier molecular flexibility index (Phi) is 5.97. The lowest BCUT2D eigenvalue weighted by Gasteiger charge is -2.37. The molecule has 0 radical (unpaired) electrons. The molecule has 126 valence electrons. The Morgan fingerprint density at radius 3 is 2.35 bits per heavy atom. The number of esters is 1. The van der Waals surface area contributed by atoms with E-state index in [-0.39, 0.29) is 17.9 Å². The van der Waals surface area contributed by atoms with Gasteiger partial charge in [-0.15, -0.1) is 0 Å². The predicted octanol–water partition coefficient (Wildman–Crippen LogP) is 4.51. The monoisotopic (exact) mass is 316 g/mol. The van der Waals surface area contributed by atoms with E-state index in [1.165, 1.54) is 6.42 Å². The van der Waals surface area contributed by atoms with Crippen LogP contribution in [0.2, 0.25) is 0 Å². The highest BCUT2D eigenvalue weighted by Crippen LogP contribution is 2.35. The van der Waals surface area contributed by atoms with Crippen LogP contribution in [0, 0.1) is 23.7 Å². The Bertz CT molecular complexity index is 535. The highest BCUT2D eigenvalue weighted by Gasteiger charge is 2.35. The fourth-order valence-electron chi connectivity index (χ4n) is 3.46. The molecule has 4 atom stereocenters. The van der Waals surface area contributed by atoms with Gasteiger partial charge in [-0.05, 0) is 37.5 Å². The molecule has 1 aliphatic rings. The van der Waals surface area contributed by atoms with Crippen molar-refractivity contribution >= 4 is 11.8 Å². The van der Waals surface area contributed by atoms with Crippen molar-refractivity contribution in [3.63, 3.8) is 0 Å². The lowest BCUT2D eigenvalue weighted by molar-refractivity contribution is -0.158. The third-order valence-corrected chi connectivity index (χ3v) is 5.03. The number of carbonyl (C=O) groups excluding carboxylic acids is 2. The molecule has 3 nitrogen and oxygen atoms in total. The standard InChI is InChI=1S/C20H28O3/c1-13(2)17-11-10-14(3)12-18(17)23-20(22)15(4)19(21)16-8-6-5-7-9-16/h5-9,13-15,17-18H,10-12H2,1-4H3/t14-,15-,17-,18+/m0/s1. The third kappa shape index (κ3) is 4.43. The fourth-order valence-corrected chi connectivity index (χ4v) is 3.46. The zero-order chi connectivity index (χ0) is 17.0. The highest BCUT2D eigenvalue weighted by atomic mass is 16.5. The molecule has 1 aromatic rings. The molecule has 1 aromatic carbocycles. The van der Waals surface area contributed by atoms with Crippen molar-refractivity contribution in [3.8, 4) is 0 Å². The molecule has 0 N–H and O–H groups in total. The van der Waals surface area contributed by atoms with Gasteiger partial charge in [0.25, 0.3) is 0 Å². The van der Waals surface area contributed by atoms with Crippen molar-refractivity contribution < 1.29 is 14.3 Å². The van der Waals surface area contributed by atoms with Gasteiger partial charge >= 0.3 is 5.97 Å². The van der Waals surface area contributed by atoms with Crippen LogP contribution < -0.4 is 0 Å². The van der Waals surface area contributed by atoms with Gasteiger partial charge in [-0.25, -0.2) is 0 Å². The Morgan fingerprint density at radius 1 is 1.09 bits per heavy atom. The van der Waals surface area contributed by atoms with E-state index in [4.69, 9.17) is 4.74 Å². The summed E-state index contributed by atoms with van der Waals surface area (Å²) >= 11 is 0. The highest BCUT2D eigenvalue weighted by molar-refractivity contribution is 6.08. The first-order valence-electron chi connectivity index (χ1n) is 8.70. The van der Waals surface area contributed by atoms with Crippen molar-refractivity contribution in [1.82, 2.24) is 0 Å². The molecular formula is C20H28O3. The van der Waals surface area contributed by atoms with Crippen LogP contribution in [-0.2, 0) is 9.53 Å². The summed E-state index contributed by atoms with van der Waals surface area (Å²) in [4.78, 5) is 24.9. The van der Waals surface area contributed by atoms with Crippen molar-refractivity contribution in [2.75, 3.05) is 0 Å². The van der Waals surface area contributed by atoms with E-state index < -0.39 is 5.92 Å².